The van der Waals surface area contributed by atoms with Gasteiger partial charge in [0, 0.05) is 18.3 Å². The second kappa shape index (κ2) is 6.50. The minimum atomic E-state index is -0.156. The van der Waals surface area contributed by atoms with E-state index in [9.17, 15) is 4.79 Å². The van der Waals surface area contributed by atoms with E-state index in [-0.39, 0.29) is 11.3 Å². The molecule has 1 aliphatic rings. The van der Waals surface area contributed by atoms with Gasteiger partial charge in [0.05, 0.1) is 5.41 Å². The van der Waals surface area contributed by atoms with Crippen molar-refractivity contribution in [1.82, 2.24) is 10.6 Å². The summed E-state index contributed by atoms with van der Waals surface area (Å²) in [7, 11) is 0. The predicted molar refractivity (Wildman–Crippen MR) is 70.8 cm³/mol. The number of carbonyl (C=O) groups is 1. The SMILES string of the molecule is CCC1(C(=O)NCC(C)SC)CCCNC1. The fourth-order valence-corrected chi connectivity index (χ4v) is 2.38. The first-order chi connectivity index (χ1) is 7.64. The number of thioether (sulfide) groups is 1. The summed E-state index contributed by atoms with van der Waals surface area (Å²) in [6.45, 7) is 6.92. The third-order valence-electron chi connectivity index (χ3n) is 3.58. The van der Waals surface area contributed by atoms with Gasteiger partial charge >= 0.3 is 0 Å². The second-order valence-electron chi connectivity index (χ2n) is 4.67. The Hall–Kier alpha value is -0.220. The number of hydrogen-bond donors (Lipinski definition) is 2. The quantitative estimate of drug-likeness (QED) is 0.772. The largest absolute Gasteiger partial charge is 0.354 e. The zero-order valence-electron chi connectivity index (χ0n) is 10.6. The summed E-state index contributed by atoms with van der Waals surface area (Å²) < 4.78 is 0. The van der Waals surface area contributed by atoms with Crippen molar-refractivity contribution >= 4 is 17.7 Å². The molecule has 4 heteroatoms. The van der Waals surface area contributed by atoms with Crippen LogP contribution in [0.5, 0.6) is 0 Å². The molecule has 1 saturated heterocycles. The number of hydrogen-bond acceptors (Lipinski definition) is 3. The first kappa shape index (κ1) is 13.8. The van der Waals surface area contributed by atoms with E-state index >= 15 is 0 Å². The van der Waals surface area contributed by atoms with Crippen LogP contribution in [-0.2, 0) is 4.79 Å². The highest BCUT2D eigenvalue weighted by molar-refractivity contribution is 7.99. The number of rotatable bonds is 5. The minimum absolute atomic E-state index is 0.156. The van der Waals surface area contributed by atoms with Crippen LogP contribution >= 0.6 is 11.8 Å². The van der Waals surface area contributed by atoms with Crippen LogP contribution in [0.2, 0.25) is 0 Å². The summed E-state index contributed by atoms with van der Waals surface area (Å²) in [6.07, 6.45) is 5.14. The van der Waals surface area contributed by atoms with Crippen LogP contribution in [0, 0.1) is 5.41 Å². The number of amides is 1. The van der Waals surface area contributed by atoms with E-state index in [1.54, 1.807) is 11.8 Å². The van der Waals surface area contributed by atoms with Gasteiger partial charge in [0.2, 0.25) is 5.91 Å². The highest BCUT2D eigenvalue weighted by Crippen LogP contribution is 2.30. The monoisotopic (exact) mass is 244 g/mol. The highest BCUT2D eigenvalue weighted by atomic mass is 32.2. The molecule has 0 bridgehead atoms. The summed E-state index contributed by atoms with van der Waals surface area (Å²) in [6, 6.07) is 0. The van der Waals surface area contributed by atoms with Crippen molar-refractivity contribution in [2.24, 2.45) is 5.41 Å². The molecule has 1 heterocycles. The maximum absolute atomic E-state index is 12.2. The Morgan fingerprint density at radius 3 is 2.88 bits per heavy atom. The molecule has 0 aromatic heterocycles. The third-order valence-corrected chi connectivity index (χ3v) is 4.55. The third kappa shape index (κ3) is 3.39. The van der Waals surface area contributed by atoms with Crippen molar-refractivity contribution in [3.63, 3.8) is 0 Å². The first-order valence-electron chi connectivity index (χ1n) is 6.16. The van der Waals surface area contributed by atoms with Gasteiger partial charge in [-0.25, -0.2) is 0 Å². The smallest absolute Gasteiger partial charge is 0.227 e. The molecule has 0 radical (unpaired) electrons. The Labute approximate surface area is 103 Å². The molecule has 0 aromatic carbocycles. The van der Waals surface area contributed by atoms with Crippen LogP contribution < -0.4 is 10.6 Å². The molecule has 0 spiro atoms. The molecule has 1 amide bonds. The Bertz CT molecular complexity index is 227. The Kier molecular flexibility index (Phi) is 5.62. The van der Waals surface area contributed by atoms with E-state index in [2.05, 4.69) is 30.7 Å². The van der Waals surface area contributed by atoms with E-state index < -0.39 is 0 Å². The second-order valence-corrected chi connectivity index (χ2v) is 5.95. The average Bonchev–Trinajstić information content (AvgIpc) is 2.36. The van der Waals surface area contributed by atoms with Crippen molar-refractivity contribution < 1.29 is 4.79 Å². The molecule has 1 rings (SSSR count). The van der Waals surface area contributed by atoms with Gasteiger partial charge in [-0.1, -0.05) is 13.8 Å². The average molecular weight is 244 g/mol. The van der Waals surface area contributed by atoms with Crippen LogP contribution in [0.25, 0.3) is 0 Å². The Balaban J connectivity index is 2.48. The van der Waals surface area contributed by atoms with E-state index in [1.165, 1.54) is 0 Å². The van der Waals surface area contributed by atoms with Gasteiger partial charge < -0.3 is 10.6 Å². The van der Waals surface area contributed by atoms with E-state index in [0.29, 0.717) is 5.25 Å². The normalized spacial score (nSPS) is 27.4. The van der Waals surface area contributed by atoms with E-state index in [4.69, 9.17) is 0 Å². The molecule has 2 N–H and O–H groups in total. The molecule has 94 valence electrons. The fourth-order valence-electron chi connectivity index (χ4n) is 2.13. The molecule has 2 unspecified atom stereocenters. The molecule has 1 aliphatic heterocycles. The van der Waals surface area contributed by atoms with Crippen LogP contribution in [0.4, 0.5) is 0 Å². The number of nitrogens with one attached hydrogen (secondary N) is 2. The maximum atomic E-state index is 12.2. The van der Waals surface area contributed by atoms with Crippen molar-refractivity contribution in [3.8, 4) is 0 Å². The maximum Gasteiger partial charge on any atom is 0.227 e. The summed E-state index contributed by atoms with van der Waals surface area (Å²) in [5.41, 5.74) is -0.156. The Morgan fingerprint density at radius 2 is 2.38 bits per heavy atom. The summed E-state index contributed by atoms with van der Waals surface area (Å²) in [5.74, 6) is 0.239. The molecule has 0 saturated carbocycles. The van der Waals surface area contributed by atoms with Crippen LogP contribution in [-0.4, -0.2) is 37.0 Å². The van der Waals surface area contributed by atoms with Crippen molar-refractivity contribution in [3.05, 3.63) is 0 Å². The summed E-state index contributed by atoms with van der Waals surface area (Å²) >= 11 is 1.79. The van der Waals surface area contributed by atoms with Gasteiger partial charge in [-0.3, -0.25) is 4.79 Å². The lowest BCUT2D eigenvalue weighted by Gasteiger charge is -2.35. The number of carbonyl (C=O) groups excluding carboxylic acids is 1. The Morgan fingerprint density at radius 1 is 1.62 bits per heavy atom. The zero-order valence-corrected chi connectivity index (χ0v) is 11.5. The minimum Gasteiger partial charge on any atom is -0.354 e. The lowest BCUT2D eigenvalue weighted by atomic mass is 9.77. The van der Waals surface area contributed by atoms with Gasteiger partial charge in [0.15, 0.2) is 0 Å². The van der Waals surface area contributed by atoms with Crippen molar-refractivity contribution in [2.45, 2.75) is 38.4 Å². The molecule has 2 atom stereocenters. The fraction of sp³-hybridized carbons (Fsp3) is 0.917. The molecule has 16 heavy (non-hydrogen) atoms. The van der Waals surface area contributed by atoms with Gasteiger partial charge in [-0.15, -0.1) is 0 Å². The van der Waals surface area contributed by atoms with Crippen LogP contribution in [0.1, 0.15) is 33.1 Å². The van der Waals surface area contributed by atoms with Gasteiger partial charge in [0.1, 0.15) is 0 Å². The number of piperidine rings is 1. The molecule has 0 aromatic rings. The predicted octanol–water partition coefficient (Wildman–Crippen LogP) is 1.63. The highest BCUT2D eigenvalue weighted by Gasteiger charge is 2.37. The summed E-state index contributed by atoms with van der Waals surface area (Å²) in [4.78, 5) is 12.2. The molecule has 3 nitrogen and oxygen atoms in total. The molecule has 1 fully saturated rings. The van der Waals surface area contributed by atoms with Gasteiger partial charge in [-0.05, 0) is 32.1 Å². The van der Waals surface area contributed by atoms with E-state index in [1.807, 2.05) is 0 Å². The van der Waals surface area contributed by atoms with Crippen LogP contribution in [0.3, 0.4) is 0 Å². The summed E-state index contributed by atoms with van der Waals surface area (Å²) in [5, 5.41) is 6.93. The van der Waals surface area contributed by atoms with Gasteiger partial charge in [-0.2, -0.15) is 11.8 Å². The molecule has 0 aliphatic carbocycles. The van der Waals surface area contributed by atoms with Crippen molar-refractivity contribution in [1.29, 1.82) is 0 Å². The van der Waals surface area contributed by atoms with Gasteiger partial charge in [0.25, 0.3) is 0 Å². The first-order valence-corrected chi connectivity index (χ1v) is 7.45. The molecular formula is C12H24N2OS. The molecular weight excluding hydrogens is 220 g/mol. The lowest BCUT2D eigenvalue weighted by molar-refractivity contribution is -0.132. The van der Waals surface area contributed by atoms with E-state index in [0.717, 1.165) is 38.9 Å². The standard InChI is InChI=1S/C12H24N2OS/c1-4-12(6-5-7-13-9-12)11(15)14-8-10(2)16-3/h10,13H,4-9H2,1-3H3,(H,14,15). The van der Waals surface area contributed by atoms with Crippen LogP contribution in [0.15, 0.2) is 0 Å². The topological polar surface area (TPSA) is 41.1 Å². The van der Waals surface area contributed by atoms with Crippen molar-refractivity contribution in [2.75, 3.05) is 25.9 Å². The zero-order chi connectivity index (χ0) is 12.0. The lowest BCUT2D eigenvalue weighted by Crippen LogP contribution is -2.51.